The summed E-state index contributed by atoms with van der Waals surface area (Å²) in [6.07, 6.45) is 0.710. The molecule has 0 saturated carbocycles. The van der Waals surface area contributed by atoms with Gasteiger partial charge in [0, 0.05) is 5.56 Å². The van der Waals surface area contributed by atoms with Crippen LogP contribution in [0.2, 0.25) is 0 Å². The molecule has 4 nitrogen and oxygen atoms in total. The lowest BCUT2D eigenvalue weighted by Gasteiger charge is -2.19. The summed E-state index contributed by atoms with van der Waals surface area (Å²) in [6.45, 7) is 3.61. The smallest absolute Gasteiger partial charge is 0.161 e. The summed E-state index contributed by atoms with van der Waals surface area (Å²) in [7, 11) is 3.23. The van der Waals surface area contributed by atoms with Gasteiger partial charge < -0.3 is 14.2 Å². The normalized spacial score (nSPS) is 11.7. The lowest BCUT2D eigenvalue weighted by molar-refractivity contribution is 0.101. The summed E-state index contributed by atoms with van der Waals surface area (Å²) in [5.74, 6) is 2.15. The molecule has 0 aromatic heterocycles. The van der Waals surface area contributed by atoms with E-state index in [4.69, 9.17) is 14.2 Å². The van der Waals surface area contributed by atoms with Gasteiger partial charge in [0.05, 0.1) is 14.2 Å². The summed E-state index contributed by atoms with van der Waals surface area (Å²) in [4.78, 5) is 11.3. The number of hydrogen-bond donors (Lipinski definition) is 0. The third-order valence-electron chi connectivity index (χ3n) is 3.69. The summed E-state index contributed by atoms with van der Waals surface area (Å²) in [5, 5.41) is 0. The Balaban J connectivity index is 2.21. The van der Waals surface area contributed by atoms with Crippen molar-refractivity contribution in [2.75, 3.05) is 14.2 Å². The van der Waals surface area contributed by atoms with Crippen molar-refractivity contribution in [3.8, 4) is 17.2 Å². The summed E-state index contributed by atoms with van der Waals surface area (Å²) in [5.41, 5.74) is 1.69. The predicted octanol–water partition coefficient (Wildman–Crippen LogP) is 4.44. The highest BCUT2D eigenvalue weighted by Crippen LogP contribution is 2.33. The standard InChI is InChI=1S/C19H22O4/c1-5-17(15-8-11-18(21-3)19(12-15)22-4)23-16-9-6-14(7-10-16)13(2)20/h6-12,17H,5H2,1-4H3. The molecule has 0 fully saturated rings. The zero-order valence-corrected chi connectivity index (χ0v) is 14.0. The number of carbonyl (C=O) groups excluding carboxylic acids is 1. The van der Waals surface area contributed by atoms with Gasteiger partial charge in [-0.25, -0.2) is 0 Å². The summed E-state index contributed by atoms with van der Waals surface area (Å²) >= 11 is 0. The minimum Gasteiger partial charge on any atom is -0.493 e. The van der Waals surface area contributed by atoms with E-state index in [-0.39, 0.29) is 11.9 Å². The molecule has 2 aromatic rings. The largest absolute Gasteiger partial charge is 0.493 e. The maximum absolute atomic E-state index is 11.3. The molecule has 122 valence electrons. The van der Waals surface area contributed by atoms with Crippen LogP contribution < -0.4 is 14.2 Å². The Morgan fingerprint density at radius 1 is 1.00 bits per heavy atom. The second kappa shape index (κ2) is 7.68. The van der Waals surface area contributed by atoms with Crippen LogP contribution >= 0.6 is 0 Å². The van der Waals surface area contributed by atoms with Crippen molar-refractivity contribution in [3.63, 3.8) is 0 Å². The van der Waals surface area contributed by atoms with Gasteiger partial charge in [0.1, 0.15) is 11.9 Å². The fourth-order valence-corrected chi connectivity index (χ4v) is 2.37. The molecule has 1 atom stereocenters. The van der Waals surface area contributed by atoms with E-state index in [2.05, 4.69) is 6.92 Å². The van der Waals surface area contributed by atoms with Crippen molar-refractivity contribution in [3.05, 3.63) is 53.6 Å². The molecule has 0 N–H and O–H groups in total. The predicted molar refractivity (Wildman–Crippen MR) is 89.7 cm³/mol. The number of rotatable bonds is 7. The van der Waals surface area contributed by atoms with Gasteiger partial charge in [-0.15, -0.1) is 0 Å². The second-order valence-electron chi connectivity index (χ2n) is 5.21. The molecule has 23 heavy (non-hydrogen) atoms. The van der Waals surface area contributed by atoms with Crippen LogP contribution in [0.4, 0.5) is 0 Å². The Morgan fingerprint density at radius 3 is 2.17 bits per heavy atom. The van der Waals surface area contributed by atoms with Gasteiger partial charge in [-0.2, -0.15) is 0 Å². The molecule has 0 aliphatic carbocycles. The van der Waals surface area contributed by atoms with E-state index in [0.717, 1.165) is 17.7 Å². The van der Waals surface area contributed by atoms with Gasteiger partial charge in [0.15, 0.2) is 17.3 Å². The zero-order valence-electron chi connectivity index (χ0n) is 14.0. The molecule has 0 bridgehead atoms. The minimum absolute atomic E-state index is 0.0449. The van der Waals surface area contributed by atoms with E-state index >= 15 is 0 Å². The first-order valence-corrected chi connectivity index (χ1v) is 7.58. The zero-order chi connectivity index (χ0) is 16.8. The van der Waals surface area contributed by atoms with Gasteiger partial charge in [-0.3, -0.25) is 4.79 Å². The fraction of sp³-hybridized carbons (Fsp3) is 0.316. The number of hydrogen-bond acceptors (Lipinski definition) is 4. The fourth-order valence-electron chi connectivity index (χ4n) is 2.37. The van der Waals surface area contributed by atoms with Crippen LogP contribution in [-0.2, 0) is 0 Å². The molecule has 0 heterocycles. The molecular formula is C19H22O4. The average Bonchev–Trinajstić information content (AvgIpc) is 2.59. The molecule has 0 aliphatic rings. The second-order valence-corrected chi connectivity index (χ2v) is 5.21. The Labute approximate surface area is 137 Å². The highest BCUT2D eigenvalue weighted by Gasteiger charge is 2.14. The highest BCUT2D eigenvalue weighted by atomic mass is 16.5. The monoisotopic (exact) mass is 314 g/mol. The molecular weight excluding hydrogens is 292 g/mol. The molecule has 1 unspecified atom stereocenters. The lowest BCUT2D eigenvalue weighted by atomic mass is 10.1. The van der Waals surface area contributed by atoms with Gasteiger partial charge in [0.25, 0.3) is 0 Å². The van der Waals surface area contributed by atoms with Crippen molar-refractivity contribution in [1.29, 1.82) is 0 Å². The molecule has 2 rings (SSSR count). The molecule has 2 aromatic carbocycles. The van der Waals surface area contributed by atoms with E-state index in [9.17, 15) is 4.79 Å². The van der Waals surface area contributed by atoms with Crippen LogP contribution in [0.5, 0.6) is 17.2 Å². The van der Waals surface area contributed by atoms with Crippen molar-refractivity contribution in [1.82, 2.24) is 0 Å². The SMILES string of the molecule is CCC(Oc1ccc(C(C)=O)cc1)c1ccc(OC)c(OC)c1. The number of ether oxygens (including phenoxy) is 3. The number of benzene rings is 2. The maximum Gasteiger partial charge on any atom is 0.161 e. The third kappa shape index (κ3) is 4.03. The van der Waals surface area contributed by atoms with E-state index in [1.54, 1.807) is 33.3 Å². The molecule has 0 amide bonds. The van der Waals surface area contributed by atoms with Crippen molar-refractivity contribution in [2.45, 2.75) is 26.4 Å². The van der Waals surface area contributed by atoms with E-state index < -0.39 is 0 Å². The highest BCUT2D eigenvalue weighted by molar-refractivity contribution is 5.94. The molecule has 0 saturated heterocycles. The lowest BCUT2D eigenvalue weighted by Crippen LogP contribution is -2.07. The van der Waals surface area contributed by atoms with Crippen LogP contribution in [0, 0.1) is 0 Å². The van der Waals surface area contributed by atoms with Crippen LogP contribution in [0.3, 0.4) is 0 Å². The first-order valence-electron chi connectivity index (χ1n) is 7.58. The van der Waals surface area contributed by atoms with Crippen molar-refractivity contribution in [2.24, 2.45) is 0 Å². The third-order valence-corrected chi connectivity index (χ3v) is 3.69. The quantitative estimate of drug-likeness (QED) is 0.709. The first kappa shape index (κ1) is 16.9. The van der Waals surface area contributed by atoms with Gasteiger partial charge in [-0.1, -0.05) is 13.0 Å². The first-order chi connectivity index (χ1) is 11.1. The molecule has 0 aliphatic heterocycles. The Kier molecular flexibility index (Phi) is 5.63. The number of Topliss-reactive ketones (excluding diaryl/α,β-unsaturated/α-hetero) is 1. The summed E-state index contributed by atoms with van der Waals surface area (Å²) in [6, 6.07) is 13.0. The van der Waals surface area contributed by atoms with Gasteiger partial charge in [0.2, 0.25) is 0 Å². The maximum atomic E-state index is 11.3. The number of carbonyl (C=O) groups is 1. The van der Waals surface area contributed by atoms with Crippen LogP contribution in [0.15, 0.2) is 42.5 Å². The van der Waals surface area contributed by atoms with Crippen molar-refractivity contribution >= 4 is 5.78 Å². The topological polar surface area (TPSA) is 44.8 Å². The molecule has 0 radical (unpaired) electrons. The van der Waals surface area contributed by atoms with E-state index in [1.807, 2.05) is 30.3 Å². The van der Waals surface area contributed by atoms with E-state index in [1.165, 1.54) is 0 Å². The van der Waals surface area contributed by atoms with Crippen LogP contribution in [0.25, 0.3) is 0 Å². The Morgan fingerprint density at radius 2 is 1.65 bits per heavy atom. The molecule has 0 spiro atoms. The Hall–Kier alpha value is -2.49. The van der Waals surface area contributed by atoms with E-state index in [0.29, 0.717) is 17.1 Å². The van der Waals surface area contributed by atoms with Gasteiger partial charge >= 0.3 is 0 Å². The summed E-state index contributed by atoms with van der Waals surface area (Å²) < 4.78 is 16.7. The minimum atomic E-state index is -0.0991. The van der Waals surface area contributed by atoms with Crippen LogP contribution in [-0.4, -0.2) is 20.0 Å². The molecule has 4 heteroatoms. The van der Waals surface area contributed by atoms with Gasteiger partial charge in [-0.05, 0) is 55.3 Å². The Bertz CT molecular complexity index is 662. The van der Waals surface area contributed by atoms with Crippen LogP contribution in [0.1, 0.15) is 42.3 Å². The average molecular weight is 314 g/mol. The number of ketones is 1. The number of methoxy groups -OCH3 is 2. The van der Waals surface area contributed by atoms with Crippen molar-refractivity contribution < 1.29 is 19.0 Å².